The lowest BCUT2D eigenvalue weighted by Gasteiger charge is -2.22. The van der Waals surface area contributed by atoms with Crippen molar-refractivity contribution in [3.63, 3.8) is 0 Å². The largest absolute Gasteiger partial charge is 0.365 e. The Hall–Kier alpha value is -2.08. The number of nitrogens with zero attached hydrogens (tertiary/aromatic N) is 1. The third-order valence-corrected chi connectivity index (χ3v) is 5.33. The van der Waals surface area contributed by atoms with Crippen LogP contribution in [0, 0.1) is 0 Å². The molecule has 2 rings (SSSR count). The highest BCUT2D eigenvalue weighted by Crippen LogP contribution is 2.31. The predicted octanol–water partition coefficient (Wildman–Crippen LogP) is 1.79. The van der Waals surface area contributed by atoms with Gasteiger partial charge >= 0.3 is 0 Å². The average molecular weight is 306 g/mol. The lowest BCUT2D eigenvalue weighted by atomic mass is 10.3. The summed E-state index contributed by atoms with van der Waals surface area (Å²) < 4.78 is 25.4. The maximum Gasteiger partial charge on any atom is 0.262 e. The Kier molecular flexibility index (Phi) is 4.18. The summed E-state index contributed by atoms with van der Waals surface area (Å²) in [4.78, 5) is 13.4. The van der Waals surface area contributed by atoms with Crippen LogP contribution in [0.3, 0.4) is 0 Å². The normalized spacial score (nSPS) is 17.6. The summed E-state index contributed by atoms with van der Waals surface area (Å²) in [5.41, 5.74) is 6.75. The van der Waals surface area contributed by atoms with E-state index in [-0.39, 0.29) is 9.80 Å². The van der Waals surface area contributed by atoms with E-state index < -0.39 is 15.7 Å². The summed E-state index contributed by atoms with van der Waals surface area (Å²) in [5.74, 6) is -0.921. The molecule has 1 aromatic rings. The molecule has 112 valence electrons. The van der Waals surface area contributed by atoms with Gasteiger partial charge in [0.05, 0.1) is 4.90 Å². The van der Waals surface area contributed by atoms with Crippen molar-refractivity contribution in [3.05, 3.63) is 52.7 Å². The molecule has 0 aliphatic carbocycles. The van der Waals surface area contributed by atoms with E-state index in [1.54, 1.807) is 23.1 Å². The molecule has 0 spiro atoms. The van der Waals surface area contributed by atoms with Crippen molar-refractivity contribution in [3.8, 4) is 0 Å². The van der Waals surface area contributed by atoms with Crippen molar-refractivity contribution >= 4 is 15.7 Å². The van der Waals surface area contributed by atoms with Gasteiger partial charge in [-0.25, -0.2) is 8.42 Å². The van der Waals surface area contributed by atoms with Crippen molar-refractivity contribution in [1.82, 2.24) is 4.90 Å². The van der Waals surface area contributed by atoms with E-state index in [0.717, 1.165) is 5.70 Å². The molecule has 0 unspecified atom stereocenters. The minimum atomic E-state index is -3.92. The predicted molar refractivity (Wildman–Crippen MR) is 80.6 cm³/mol. The van der Waals surface area contributed by atoms with Crippen LogP contribution in [0.2, 0.25) is 0 Å². The average Bonchev–Trinajstić information content (AvgIpc) is 2.80. The third-order valence-electron chi connectivity index (χ3n) is 3.47. The van der Waals surface area contributed by atoms with Gasteiger partial charge in [0.2, 0.25) is 9.84 Å². The van der Waals surface area contributed by atoms with E-state index >= 15 is 0 Å². The first-order chi connectivity index (χ1) is 9.89. The number of nitrogens with two attached hydrogens (primary N) is 1. The second-order valence-electron chi connectivity index (χ2n) is 4.75. The summed E-state index contributed by atoms with van der Waals surface area (Å²) in [6, 6.07) is 7.88. The number of sulfone groups is 1. The highest BCUT2D eigenvalue weighted by Gasteiger charge is 2.32. The first-order valence-electron chi connectivity index (χ1n) is 6.67. The number of hydrogen-bond donors (Lipinski definition) is 1. The molecule has 1 aliphatic rings. The Bertz CT molecular complexity index is 719. The van der Waals surface area contributed by atoms with E-state index in [4.69, 9.17) is 5.73 Å². The van der Waals surface area contributed by atoms with E-state index in [0.29, 0.717) is 18.7 Å². The first-order valence-corrected chi connectivity index (χ1v) is 8.15. The monoisotopic (exact) mass is 306 g/mol. The summed E-state index contributed by atoms with van der Waals surface area (Å²) in [6.07, 6.45) is 2.28. The smallest absolute Gasteiger partial charge is 0.262 e. The molecule has 1 amide bonds. The summed E-state index contributed by atoms with van der Waals surface area (Å²) in [7, 11) is -3.92. The number of carbonyl (C=O) groups excluding carboxylic acids is 1. The fourth-order valence-electron chi connectivity index (χ4n) is 2.48. The molecule has 0 aromatic heterocycles. The van der Waals surface area contributed by atoms with Crippen molar-refractivity contribution in [2.24, 2.45) is 5.73 Å². The van der Waals surface area contributed by atoms with Gasteiger partial charge in [-0.3, -0.25) is 4.79 Å². The zero-order valence-corrected chi connectivity index (χ0v) is 12.9. The number of amides is 1. The second kappa shape index (κ2) is 5.73. The van der Waals surface area contributed by atoms with Gasteiger partial charge in [-0.1, -0.05) is 24.3 Å². The first kappa shape index (κ1) is 15.3. The van der Waals surface area contributed by atoms with Crippen LogP contribution in [-0.4, -0.2) is 25.8 Å². The highest BCUT2D eigenvalue weighted by atomic mass is 32.2. The van der Waals surface area contributed by atoms with Crippen LogP contribution in [0.4, 0.5) is 0 Å². The van der Waals surface area contributed by atoms with Crippen LogP contribution in [0.5, 0.6) is 0 Å². The minimum Gasteiger partial charge on any atom is -0.365 e. The molecule has 5 nitrogen and oxygen atoms in total. The maximum absolute atomic E-state index is 12.7. The zero-order chi connectivity index (χ0) is 15.6. The van der Waals surface area contributed by atoms with Crippen molar-refractivity contribution in [2.45, 2.75) is 25.2 Å². The summed E-state index contributed by atoms with van der Waals surface area (Å²) in [6.45, 7) is 4.36. The van der Waals surface area contributed by atoms with Gasteiger partial charge < -0.3 is 10.6 Å². The van der Waals surface area contributed by atoms with Gasteiger partial charge in [0.15, 0.2) is 4.91 Å². The van der Waals surface area contributed by atoms with Crippen molar-refractivity contribution in [1.29, 1.82) is 0 Å². The molecule has 1 aliphatic heterocycles. The van der Waals surface area contributed by atoms with Gasteiger partial charge in [0.25, 0.3) is 5.91 Å². The van der Waals surface area contributed by atoms with Crippen LogP contribution in [-0.2, 0) is 14.6 Å². The Labute approximate surface area is 124 Å². The lowest BCUT2D eigenvalue weighted by molar-refractivity contribution is -0.114. The van der Waals surface area contributed by atoms with Crippen LogP contribution < -0.4 is 5.73 Å². The van der Waals surface area contributed by atoms with E-state index in [1.165, 1.54) is 12.1 Å². The molecular weight excluding hydrogens is 288 g/mol. The van der Waals surface area contributed by atoms with E-state index in [2.05, 4.69) is 0 Å². The van der Waals surface area contributed by atoms with Crippen molar-refractivity contribution in [2.75, 3.05) is 6.54 Å². The molecular formula is C15H18N2O3S. The number of benzene rings is 1. The molecule has 0 saturated heterocycles. The maximum atomic E-state index is 12.7. The summed E-state index contributed by atoms with van der Waals surface area (Å²) >= 11 is 0. The zero-order valence-electron chi connectivity index (χ0n) is 12.0. The third kappa shape index (κ3) is 2.71. The minimum absolute atomic E-state index is 0.0758. The van der Waals surface area contributed by atoms with Gasteiger partial charge in [0.1, 0.15) is 0 Å². The lowest BCUT2D eigenvalue weighted by Crippen LogP contribution is -2.28. The molecule has 1 aromatic carbocycles. The fraction of sp³-hybridized carbons (Fsp3) is 0.267. The Morgan fingerprint density at radius 1 is 1.29 bits per heavy atom. The van der Waals surface area contributed by atoms with Crippen molar-refractivity contribution < 1.29 is 13.2 Å². The number of hydrogen-bond acceptors (Lipinski definition) is 4. The molecule has 0 atom stereocenters. The topological polar surface area (TPSA) is 80.5 Å². The number of primary amides is 1. The fourth-order valence-corrected chi connectivity index (χ4v) is 4.00. The number of rotatable bonds is 4. The Balaban J connectivity index is 2.64. The Morgan fingerprint density at radius 2 is 1.90 bits per heavy atom. The molecule has 6 heteroatoms. The SMILES string of the molecule is CCN1C(C)=CC/C1=C(/C(N)=O)S(=O)(=O)c1ccccc1. The van der Waals surface area contributed by atoms with Crippen LogP contribution in [0.25, 0.3) is 0 Å². The van der Waals surface area contributed by atoms with E-state index in [1.807, 2.05) is 19.9 Å². The van der Waals surface area contributed by atoms with E-state index in [9.17, 15) is 13.2 Å². The van der Waals surface area contributed by atoms with Crippen LogP contribution in [0.1, 0.15) is 20.3 Å². The second-order valence-corrected chi connectivity index (χ2v) is 6.64. The van der Waals surface area contributed by atoms with Crippen LogP contribution in [0.15, 0.2) is 57.6 Å². The quantitative estimate of drug-likeness (QED) is 0.860. The van der Waals surface area contributed by atoms with Gasteiger partial charge in [-0.2, -0.15) is 0 Å². The standard InChI is InChI=1S/C15H18N2O3S/c1-3-17-11(2)9-10-13(17)14(15(16)18)21(19,20)12-7-5-4-6-8-12/h4-9H,3,10H2,1-2H3,(H2,16,18)/b14-13+. The van der Waals surface area contributed by atoms with Gasteiger partial charge in [0, 0.05) is 24.4 Å². The van der Waals surface area contributed by atoms with Gasteiger partial charge in [-0.15, -0.1) is 0 Å². The molecule has 21 heavy (non-hydrogen) atoms. The molecule has 0 bridgehead atoms. The molecule has 0 fully saturated rings. The highest BCUT2D eigenvalue weighted by molar-refractivity contribution is 7.96. The Morgan fingerprint density at radius 3 is 2.43 bits per heavy atom. The summed E-state index contributed by atoms with van der Waals surface area (Å²) in [5, 5.41) is 0. The molecule has 0 saturated carbocycles. The number of carbonyl (C=O) groups is 1. The molecule has 0 radical (unpaired) electrons. The van der Waals surface area contributed by atoms with Gasteiger partial charge in [-0.05, 0) is 26.0 Å². The molecule has 2 N–H and O–H groups in total. The molecule has 1 heterocycles. The number of allylic oxidation sites excluding steroid dienone is 2. The van der Waals surface area contributed by atoms with Crippen LogP contribution >= 0.6 is 0 Å².